The van der Waals surface area contributed by atoms with Gasteiger partial charge in [0, 0.05) is 19.6 Å². The maximum atomic E-state index is 14.0. The number of halogens is 1. The summed E-state index contributed by atoms with van der Waals surface area (Å²) in [5, 5.41) is 10.1. The van der Waals surface area contributed by atoms with Crippen molar-refractivity contribution in [1.82, 2.24) is 5.32 Å². The van der Waals surface area contributed by atoms with Gasteiger partial charge in [-0.25, -0.2) is 9.40 Å². The molecule has 5 nitrogen and oxygen atoms in total. The minimum Gasteiger partial charge on any atom is -0.384 e. The molecule has 2 aromatic rings. The van der Waals surface area contributed by atoms with E-state index in [0.717, 1.165) is 54.6 Å². The van der Waals surface area contributed by atoms with E-state index in [-0.39, 0.29) is 23.1 Å². The molecule has 36 heavy (non-hydrogen) atoms. The van der Waals surface area contributed by atoms with E-state index in [9.17, 15) is 9.18 Å². The summed E-state index contributed by atoms with van der Waals surface area (Å²) in [7, 11) is 1.72. The molecule has 0 spiro atoms. The minimum atomic E-state index is -0.907. The molecule has 2 aromatic carbocycles. The first kappa shape index (κ1) is 27.9. The minimum absolute atomic E-state index is 0.0328. The van der Waals surface area contributed by atoms with Crippen LogP contribution in [0.5, 0.6) is 0 Å². The number of carbonyl (C=O) groups is 1. The number of methoxy groups -OCH3 is 1. The molecule has 1 N–H and O–H groups in total. The van der Waals surface area contributed by atoms with E-state index in [2.05, 4.69) is 26.1 Å². The molecule has 196 valence electrons. The number of hydrazone groups is 1. The lowest BCUT2D eigenvalue weighted by Gasteiger charge is -2.38. The van der Waals surface area contributed by atoms with Gasteiger partial charge in [-0.3, -0.25) is 4.79 Å². The molecule has 0 aliphatic carbocycles. The summed E-state index contributed by atoms with van der Waals surface area (Å²) in [5.74, 6) is -0.446. The Balaban J connectivity index is 1.93. The molecular weight excluding hydrogens is 453 g/mol. The Morgan fingerprint density at radius 2 is 1.81 bits per heavy atom. The van der Waals surface area contributed by atoms with Crippen molar-refractivity contribution >= 4 is 17.3 Å². The SMILES string of the molecule is CCCCC1C(c2ccc(F)cc2)=NN(c2ccc(C)cc2)C1(C)C(=O)NCCCC(C)(C)COC. The van der Waals surface area contributed by atoms with Gasteiger partial charge < -0.3 is 10.1 Å². The molecular formula is C30H42FN3O2. The number of nitrogens with zero attached hydrogens (tertiary/aromatic N) is 2. The maximum absolute atomic E-state index is 14.0. The summed E-state index contributed by atoms with van der Waals surface area (Å²) < 4.78 is 19.0. The van der Waals surface area contributed by atoms with E-state index >= 15 is 0 Å². The van der Waals surface area contributed by atoms with Gasteiger partial charge in [-0.15, -0.1) is 0 Å². The second kappa shape index (κ2) is 12.0. The van der Waals surface area contributed by atoms with Crippen LogP contribution < -0.4 is 10.3 Å². The Labute approximate surface area is 216 Å². The van der Waals surface area contributed by atoms with Crippen molar-refractivity contribution in [3.05, 3.63) is 65.5 Å². The van der Waals surface area contributed by atoms with Crippen LogP contribution in [0.3, 0.4) is 0 Å². The fourth-order valence-corrected chi connectivity index (χ4v) is 5.08. The van der Waals surface area contributed by atoms with E-state index in [0.29, 0.717) is 13.2 Å². The summed E-state index contributed by atoms with van der Waals surface area (Å²) in [5.41, 5.74) is 2.87. The summed E-state index contributed by atoms with van der Waals surface area (Å²) in [6.07, 6.45) is 4.63. The Morgan fingerprint density at radius 1 is 1.14 bits per heavy atom. The first-order chi connectivity index (χ1) is 17.1. The zero-order chi connectivity index (χ0) is 26.3. The number of carbonyl (C=O) groups excluding carboxylic acids is 1. The van der Waals surface area contributed by atoms with Crippen LogP contribution in [0.1, 0.15) is 70.9 Å². The van der Waals surface area contributed by atoms with Crippen molar-refractivity contribution in [3.63, 3.8) is 0 Å². The van der Waals surface area contributed by atoms with Crippen LogP contribution in [0.2, 0.25) is 0 Å². The number of hydrogen-bond donors (Lipinski definition) is 1. The number of hydrogen-bond acceptors (Lipinski definition) is 4. The molecule has 1 amide bonds. The third-order valence-electron chi connectivity index (χ3n) is 7.23. The number of nitrogens with one attached hydrogen (secondary N) is 1. The highest BCUT2D eigenvalue weighted by Crippen LogP contribution is 2.42. The van der Waals surface area contributed by atoms with Crippen molar-refractivity contribution in [3.8, 4) is 0 Å². The van der Waals surface area contributed by atoms with Gasteiger partial charge in [-0.1, -0.05) is 63.4 Å². The molecule has 0 radical (unpaired) electrons. The molecule has 3 rings (SSSR count). The van der Waals surface area contributed by atoms with Crippen molar-refractivity contribution in [2.75, 3.05) is 25.3 Å². The largest absolute Gasteiger partial charge is 0.384 e. The van der Waals surface area contributed by atoms with E-state index in [1.807, 2.05) is 43.1 Å². The van der Waals surface area contributed by atoms with Gasteiger partial charge >= 0.3 is 0 Å². The van der Waals surface area contributed by atoms with Gasteiger partial charge in [-0.2, -0.15) is 5.10 Å². The molecule has 1 aliphatic rings. The highest BCUT2D eigenvalue weighted by Gasteiger charge is 2.53. The summed E-state index contributed by atoms with van der Waals surface area (Å²) >= 11 is 0. The number of ether oxygens (including phenoxy) is 1. The van der Waals surface area contributed by atoms with Crippen LogP contribution in [0, 0.1) is 24.1 Å². The number of unbranched alkanes of at least 4 members (excludes halogenated alkanes) is 1. The number of benzene rings is 2. The van der Waals surface area contributed by atoms with Crippen LogP contribution >= 0.6 is 0 Å². The van der Waals surface area contributed by atoms with Gasteiger partial charge in [-0.05, 0) is 68.4 Å². The molecule has 1 heterocycles. The molecule has 0 bridgehead atoms. The average Bonchev–Trinajstić information content (AvgIpc) is 3.14. The van der Waals surface area contributed by atoms with Gasteiger partial charge in [0.1, 0.15) is 11.4 Å². The Morgan fingerprint density at radius 3 is 2.42 bits per heavy atom. The van der Waals surface area contributed by atoms with Gasteiger partial charge in [0.2, 0.25) is 5.91 Å². The Kier molecular flexibility index (Phi) is 9.29. The highest BCUT2D eigenvalue weighted by atomic mass is 19.1. The Bertz CT molecular complexity index is 1030. The van der Waals surface area contributed by atoms with Crippen molar-refractivity contribution in [1.29, 1.82) is 0 Å². The van der Waals surface area contributed by atoms with Crippen molar-refractivity contribution in [2.45, 2.75) is 72.3 Å². The van der Waals surface area contributed by atoms with E-state index in [4.69, 9.17) is 9.84 Å². The molecule has 0 saturated heterocycles. The highest BCUT2D eigenvalue weighted by molar-refractivity contribution is 6.10. The number of rotatable bonds is 12. The number of aryl methyl sites for hydroxylation is 1. The summed E-state index contributed by atoms with van der Waals surface area (Å²) in [4.78, 5) is 14.0. The van der Waals surface area contributed by atoms with Gasteiger partial charge in [0.05, 0.1) is 18.0 Å². The van der Waals surface area contributed by atoms with Crippen molar-refractivity contribution < 1.29 is 13.9 Å². The Hall–Kier alpha value is -2.73. The van der Waals surface area contributed by atoms with Crippen LogP contribution in [0.4, 0.5) is 10.1 Å². The molecule has 0 saturated carbocycles. The molecule has 2 atom stereocenters. The van der Waals surface area contributed by atoms with Gasteiger partial charge in [0.25, 0.3) is 0 Å². The molecule has 1 aliphatic heterocycles. The lowest BCUT2D eigenvalue weighted by atomic mass is 9.77. The average molecular weight is 496 g/mol. The zero-order valence-corrected chi connectivity index (χ0v) is 22.7. The third kappa shape index (κ3) is 6.33. The van der Waals surface area contributed by atoms with Gasteiger partial charge in [0.15, 0.2) is 0 Å². The molecule has 6 heteroatoms. The van der Waals surface area contributed by atoms with Crippen molar-refractivity contribution in [2.24, 2.45) is 16.4 Å². The maximum Gasteiger partial charge on any atom is 0.248 e. The monoisotopic (exact) mass is 495 g/mol. The molecule has 0 fully saturated rings. The van der Waals surface area contributed by atoms with E-state index < -0.39 is 5.54 Å². The number of amides is 1. The van der Waals surface area contributed by atoms with Crippen LogP contribution in [-0.2, 0) is 9.53 Å². The van der Waals surface area contributed by atoms with Crippen LogP contribution in [-0.4, -0.2) is 37.4 Å². The summed E-state index contributed by atoms with van der Waals surface area (Å²) in [6, 6.07) is 14.6. The second-order valence-corrected chi connectivity index (χ2v) is 10.9. The smallest absolute Gasteiger partial charge is 0.248 e. The first-order valence-electron chi connectivity index (χ1n) is 13.1. The molecule has 2 unspecified atom stereocenters. The summed E-state index contributed by atoms with van der Waals surface area (Å²) in [6.45, 7) is 11.8. The fourth-order valence-electron chi connectivity index (χ4n) is 5.08. The van der Waals surface area contributed by atoms with E-state index in [1.165, 1.54) is 12.1 Å². The second-order valence-electron chi connectivity index (χ2n) is 10.9. The topological polar surface area (TPSA) is 53.9 Å². The predicted octanol–water partition coefficient (Wildman–Crippen LogP) is 6.49. The third-order valence-corrected chi connectivity index (χ3v) is 7.23. The number of anilines is 1. The standard InChI is InChI=1S/C30H42FN3O2/c1-7-8-10-26-27(23-13-15-24(31)16-14-23)33-34(25-17-11-22(2)12-18-25)30(26,5)28(35)32-20-9-19-29(3,4)21-36-6/h11-18,26H,7-10,19-21H2,1-6H3,(H,32,35). The zero-order valence-electron chi connectivity index (χ0n) is 22.7. The fraction of sp³-hybridized carbons (Fsp3) is 0.533. The predicted molar refractivity (Wildman–Crippen MR) is 146 cm³/mol. The first-order valence-corrected chi connectivity index (χ1v) is 13.1. The normalized spacial score (nSPS) is 19.9. The molecule has 0 aromatic heterocycles. The van der Waals surface area contributed by atoms with E-state index in [1.54, 1.807) is 19.2 Å². The van der Waals surface area contributed by atoms with Crippen LogP contribution in [0.25, 0.3) is 0 Å². The van der Waals surface area contributed by atoms with Crippen LogP contribution in [0.15, 0.2) is 53.6 Å². The lowest BCUT2D eigenvalue weighted by Crippen LogP contribution is -2.58. The lowest BCUT2D eigenvalue weighted by molar-refractivity contribution is -0.126. The quantitative estimate of drug-likeness (QED) is 0.342.